The van der Waals surface area contributed by atoms with Crippen molar-refractivity contribution in [2.75, 3.05) is 19.7 Å². The lowest BCUT2D eigenvalue weighted by atomic mass is 9.92. The molecule has 1 heterocycles. The van der Waals surface area contributed by atoms with Gasteiger partial charge in [-0.3, -0.25) is 0 Å². The van der Waals surface area contributed by atoms with E-state index in [9.17, 15) is 4.39 Å². The number of nitrogens with one attached hydrogen (secondary N) is 1. The Morgan fingerprint density at radius 3 is 2.95 bits per heavy atom. The molecule has 2 aliphatic rings. The largest absolute Gasteiger partial charge is 0.493 e. The Hall–Kier alpha value is -1.61. The summed E-state index contributed by atoms with van der Waals surface area (Å²) in [6, 6.07) is 5.25. The van der Waals surface area contributed by atoms with Gasteiger partial charge >= 0.3 is 0 Å². The zero-order chi connectivity index (χ0) is 13.8. The quantitative estimate of drug-likeness (QED) is 0.907. The molecule has 1 aliphatic carbocycles. The fraction of sp³-hybridized carbons (Fsp3) is 0.412. The number of hydrogen-bond acceptors (Lipinski definition) is 2. The molecule has 0 aromatic heterocycles. The smallest absolute Gasteiger partial charge is 0.130 e. The van der Waals surface area contributed by atoms with E-state index in [0.717, 1.165) is 31.5 Å². The summed E-state index contributed by atoms with van der Waals surface area (Å²) in [5, 5.41) is 3.30. The van der Waals surface area contributed by atoms with Crippen molar-refractivity contribution < 1.29 is 9.13 Å². The van der Waals surface area contributed by atoms with Crippen molar-refractivity contribution in [3.63, 3.8) is 0 Å². The second-order valence-corrected chi connectivity index (χ2v) is 5.51. The third-order valence-corrected chi connectivity index (χ3v) is 4.00. The van der Waals surface area contributed by atoms with Gasteiger partial charge in [-0.05, 0) is 31.0 Å². The van der Waals surface area contributed by atoms with E-state index in [-0.39, 0.29) is 11.7 Å². The summed E-state index contributed by atoms with van der Waals surface area (Å²) in [4.78, 5) is 0. The lowest BCUT2D eigenvalue weighted by molar-refractivity contribution is 0.259. The number of halogens is 1. The van der Waals surface area contributed by atoms with Gasteiger partial charge in [0.25, 0.3) is 0 Å². The molecule has 3 rings (SSSR count). The second-order valence-electron chi connectivity index (χ2n) is 5.51. The molecule has 0 amide bonds. The minimum atomic E-state index is -0.169. The summed E-state index contributed by atoms with van der Waals surface area (Å²) in [5.74, 6) is 1.16. The number of rotatable bonds is 4. The van der Waals surface area contributed by atoms with Crippen LogP contribution in [0.1, 0.15) is 24.3 Å². The number of ether oxygens (including phenoxy) is 1. The molecule has 0 bridgehead atoms. The van der Waals surface area contributed by atoms with E-state index < -0.39 is 0 Å². The first-order valence-electron chi connectivity index (χ1n) is 7.29. The topological polar surface area (TPSA) is 21.3 Å². The van der Waals surface area contributed by atoms with Gasteiger partial charge in [-0.15, -0.1) is 0 Å². The highest BCUT2D eigenvalue weighted by Gasteiger charge is 2.17. The SMILES string of the molecule is Fc1cc(OC[C@@H]2CCNC2)ccc1C1C=CC=CC1. The molecule has 1 fully saturated rings. The van der Waals surface area contributed by atoms with Crippen LogP contribution in [0.2, 0.25) is 0 Å². The first-order chi connectivity index (χ1) is 9.83. The van der Waals surface area contributed by atoms with Crippen molar-refractivity contribution in [2.24, 2.45) is 5.92 Å². The first kappa shape index (κ1) is 13.4. The van der Waals surface area contributed by atoms with Crippen LogP contribution in [0, 0.1) is 11.7 Å². The molecule has 1 saturated heterocycles. The van der Waals surface area contributed by atoms with Crippen LogP contribution in [0.4, 0.5) is 4.39 Å². The van der Waals surface area contributed by atoms with Crippen LogP contribution in [0.25, 0.3) is 0 Å². The van der Waals surface area contributed by atoms with Crippen molar-refractivity contribution >= 4 is 0 Å². The maximum absolute atomic E-state index is 14.2. The van der Waals surface area contributed by atoms with E-state index in [1.165, 1.54) is 6.07 Å². The molecule has 0 spiro atoms. The Balaban J connectivity index is 1.64. The molecule has 1 aliphatic heterocycles. The summed E-state index contributed by atoms with van der Waals surface area (Å²) < 4.78 is 19.9. The molecule has 1 N–H and O–H groups in total. The maximum Gasteiger partial charge on any atom is 0.130 e. The van der Waals surface area contributed by atoms with Crippen LogP contribution in [0.3, 0.4) is 0 Å². The van der Waals surface area contributed by atoms with E-state index in [1.54, 1.807) is 0 Å². The lowest BCUT2D eigenvalue weighted by Crippen LogP contribution is -2.15. The van der Waals surface area contributed by atoms with Gasteiger partial charge in [0.1, 0.15) is 11.6 Å². The lowest BCUT2D eigenvalue weighted by Gasteiger charge is -2.16. The highest BCUT2D eigenvalue weighted by atomic mass is 19.1. The molecule has 106 valence electrons. The number of hydrogen-bond donors (Lipinski definition) is 1. The predicted octanol–water partition coefficient (Wildman–Crippen LogP) is 3.41. The molecule has 1 unspecified atom stereocenters. The molecule has 0 saturated carbocycles. The fourth-order valence-electron chi connectivity index (χ4n) is 2.78. The Bertz CT molecular complexity index is 518. The minimum absolute atomic E-state index is 0.146. The van der Waals surface area contributed by atoms with Gasteiger partial charge in [0, 0.05) is 24.4 Å². The van der Waals surface area contributed by atoms with Crippen LogP contribution in [-0.2, 0) is 0 Å². The normalized spacial score (nSPS) is 25.1. The van der Waals surface area contributed by atoms with E-state index in [4.69, 9.17) is 4.74 Å². The van der Waals surface area contributed by atoms with E-state index in [1.807, 2.05) is 30.4 Å². The van der Waals surface area contributed by atoms with Crippen LogP contribution >= 0.6 is 0 Å². The number of allylic oxidation sites excluding steroid dienone is 4. The van der Waals surface area contributed by atoms with E-state index in [0.29, 0.717) is 18.3 Å². The molecule has 3 heteroatoms. The zero-order valence-corrected chi connectivity index (χ0v) is 11.5. The average Bonchev–Trinajstić information content (AvgIpc) is 2.99. The monoisotopic (exact) mass is 273 g/mol. The Morgan fingerprint density at radius 2 is 2.25 bits per heavy atom. The Labute approximate surface area is 119 Å². The minimum Gasteiger partial charge on any atom is -0.493 e. The van der Waals surface area contributed by atoms with Crippen molar-refractivity contribution in [2.45, 2.75) is 18.8 Å². The summed E-state index contributed by atoms with van der Waals surface area (Å²) >= 11 is 0. The van der Waals surface area contributed by atoms with Crippen molar-refractivity contribution in [1.82, 2.24) is 5.32 Å². The van der Waals surface area contributed by atoms with Gasteiger partial charge in [0.15, 0.2) is 0 Å². The molecule has 2 atom stereocenters. The number of benzene rings is 1. The van der Waals surface area contributed by atoms with Gasteiger partial charge in [-0.1, -0.05) is 30.4 Å². The van der Waals surface area contributed by atoms with Gasteiger partial charge in [-0.2, -0.15) is 0 Å². The molecule has 1 aromatic rings. The van der Waals surface area contributed by atoms with Crippen LogP contribution in [0.15, 0.2) is 42.5 Å². The standard InChI is InChI=1S/C17H20FNO/c18-17-10-15(20-12-13-8-9-19-11-13)6-7-16(17)14-4-2-1-3-5-14/h1-4,6-7,10,13-14,19H,5,8-9,11-12H2/t13-,14?/m1/s1. The van der Waals surface area contributed by atoms with Crippen LogP contribution < -0.4 is 10.1 Å². The van der Waals surface area contributed by atoms with Gasteiger partial charge in [-0.25, -0.2) is 4.39 Å². The molecular formula is C17H20FNO. The molecule has 0 radical (unpaired) electrons. The van der Waals surface area contributed by atoms with Gasteiger partial charge in [0.2, 0.25) is 0 Å². The predicted molar refractivity (Wildman–Crippen MR) is 78.5 cm³/mol. The molecule has 20 heavy (non-hydrogen) atoms. The molecule has 2 nitrogen and oxygen atoms in total. The van der Waals surface area contributed by atoms with Crippen LogP contribution in [0.5, 0.6) is 5.75 Å². The Kier molecular flexibility index (Phi) is 4.16. The highest BCUT2D eigenvalue weighted by Crippen LogP contribution is 2.29. The van der Waals surface area contributed by atoms with Crippen LogP contribution in [-0.4, -0.2) is 19.7 Å². The highest BCUT2D eigenvalue weighted by molar-refractivity contribution is 5.35. The maximum atomic E-state index is 14.2. The summed E-state index contributed by atoms with van der Waals surface area (Å²) in [6.07, 6.45) is 10.1. The Morgan fingerprint density at radius 1 is 1.30 bits per heavy atom. The first-order valence-corrected chi connectivity index (χ1v) is 7.29. The second kappa shape index (κ2) is 6.23. The summed E-state index contributed by atoms with van der Waals surface area (Å²) in [7, 11) is 0. The third-order valence-electron chi connectivity index (χ3n) is 4.00. The zero-order valence-electron chi connectivity index (χ0n) is 11.5. The third kappa shape index (κ3) is 3.10. The van der Waals surface area contributed by atoms with Crippen molar-refractivity contribution in [3.05, 3.63) is 53.9 Å². The van der Waals surface area contributed by atoms with E-state index in [2.05, 4.69) is 11.4 Å². The molecular weight excluding hydrogens is 253 g/mol. The molecule has 1 aromatic carbocycles. The average molecular weight is 273 g/mol. The van der Waals surface area contributed by atoms with Gasteiger partial charge < -0.3 is 10.1 Å². The summed E-state index contributed by atoms with van der Waals surface area (Å²) in [6.45, 7) is 2.72. The fourth-order valence-corrected chi connectivity index (χ4v) is 2.78. The van der Waals surface area contributed by atoms with Crippen molar-refractivity contribution in [1.29, 1.82) is 0 Å². The van der Waals surface area contributed by atoms with Gasteiger partial charge in [0.05, 0.1) is 6.61 Å². The summed E-state index contributed by atoms with van der Waals surface area (Å²) in [5.41, 5.74) is 0.750. The van der Waals surface area contributed by atoms with E-state index >= 15 is 0 Å². The van der Waals surface area contributed by atoms with Crippen molar-refractivity contribution in [3.8, 4) is 5.75 Å².